The molecule has 2 aromatic rings. The van der Waals surface area contributed by atoms with Gasteiger partial charge in [0.15, 0.2) is 0 Å². The molecular weight excluding hydrogens is 267 g/mol. The summed E-state index contributed by atoms with van der Waals surface area (Å²) in [4.78, 5) is 0. The van der Waals surface area contributed by atoms with E-state index >= 15 is 0 Å². The molecule has 0 spiro atoms. The van der Waals surface area contributed by atoms with Crippen molar-refractivity contribution in [3.63, 3.8) is 0 Å². The minimum atomic E-state index is -4.97. The summed E-state index contributed by atoms with van der Waals surface area (Å²) in [7, 11) is 0. The summed E-state index contributed by atoms with van der Waals surface area (Å²) < 4.78 is 39.4. The van der Waals surface area contributed by atoms with Gasteiger partial charge in [-0.3, -0.25) is 0 Å². The molecule has 0 atom stereocenters. The summed E-state index contributed by atoms with van der Waals surface area (Å²) >= 11 is 0. The largest absolute Gasteiger partial charge is 1.00 e. The van der Waals surface area contributed by atoms with E-state index in [1.165, 1.54) is 10.7 Å². The van der Waals surface area contributed by atoms with E-state index in [0.717, 1.165) is 23.5 Å². The summed E-state index contributed by atoms with van der Waals surface area (Å²) in [6, 6.07) is 7.04. The predicted octanol–water partition coefficient (Wildman–Crippen LogP) is -0.452. The fraction of sp³-hybridized carbons (Fsp3) is 0.182. The van der Waals surface area contributed by atoms with Crippen LogP contribution in [0.15, 0.2) is 30.3 Å². The molecule has 0 bridgehead atoms. The first-order chi connectivity index (χ1) is 7.88. The Labute approximate surface area is 146 Å². The van der Waals surface area contributed by atoms with Gasteiger partial charge in [-0.15, -0.1) is 5.46 Å². The molecule has 0 N–H and O–H groups in total. The normalized spacial score (nSPS) is 11.2. The zero-order valence-corrected chi connectivity index (χ0v) is 13.6. The molecule has 0 fully saturated rings. The molecule has 0 amide bonds. The third kappa shape index (κ3) is 3.48. The Bertz CT molecular complexity index is 551. The van der Waals surface area contributed by atoms with E-state index in [1.54, 1.807) is 13.0 Å². The summed E-state index contributed by atoms with van der Waals surface area (Å²) in [5.74, 6) is 0. The van der Waals surface area contributed by atoms with Crippen molar-refractivity contribution in [2.45, 2.75) is 13.8 Å². The van der Waals surface area contributed by atoms with Crippen molar-refractivity contribution in [2.75, 3.05) is 0 Å². The van der Waals surface area contributed by atoms with E-state index < -0.39 is 12.4 Å². The van der Waals surface area contributed by atoms with Gasteiger partial charge >= 0.3 is 58.4 Å². The van der Waals surface area contributed by atoms with Crippen molar-refractivity contribution in [2.24, 2.45) is 0 Å². The minimum Gasteiger partial charge on any atom is -0.445 e. The van der Waals surface area contributed by atoms with Crippen LogP contribution in [0.2, 0.25) is 0 Å². The number of aromatic nitrogens is 2. The first-order valence-electron chi connectivity index (χ1n) is 5.21. The van der Waals surface area contributed by atoms with E-state index in [-0.39, 0.29) is 51.4 Å². The third-order valence-corrected chi connectivity index (χ3v) is 2.50. The van der Waals surface area contributed by atoms with Gasteiger partial charge in [-0.25, -0.2) is 4.68 Å². The number of benzene rings is 1. The molecule has 0 saturated carbocycles. The van der Waals surface area contributed by atoms with Gasteiger partial charge in [0.1, 0.15) is 0 Å². The Morgan fingerprint density at radius 1 is 1.11 bits per heavy atom. The number of aryl methyl sites for hydroxylation is 2. The van der Waals surface area contributed by atoms with Crippen LogP contribution in [0.4, 0.5) is 12.9 Å². The average Bonchev–Trinajstić information content (AvgIpc) is 2.57. The van der Waals surface area contributed by atoms with Crippen molar-refractivity contribution in [1.29, 1.82) is 0 Å². The molecule has 0 radical (unpaired) electrons. The van der Waals surface area contributed by atoms with Crippen LogP contribution in [0.1, 0.15) is 11.4 Å². The summed E-state index contributed by atoms with van der Waals surface area (Å²) in [5.41, 5.74) is 1.43. The van der Waals surface area contributed by atoms with Crippen LogP contribution in [0.5, 0.6) is 0 Å². The number of nitrogens with zero attached hydrogens (tertiary/aromatic N) is 2. The molecule has 0 aliphatic heterocycles. The molecule has 18 heavy (non-hydrogen) atoms. The standard InChI is InChI=1S/C11H11BF3N2.K/c1-8-6-9(2)17(16-8)11-5-3-4-10(7-11)12(13,14)15;/h3-7H,1-2H3;/q-1;+1. The second-order valence-corrected chi connectivity index (χ2v) is 4.01. The van der Waals surface area contributed by atoms with Gasteiger partial charge in [-0.1, -0.05) is 18.2 Å². The third-order valence-electron chi connectivity index (χ3n) is 2.50. The first-order valence-corrected chi connectivity index (χ1v) is 5.21. The van der Waals surface area contributed by atoms with Gasteiger partial charge in [0.25, 0.3) is 0 Å². The van der Waals surface area contributed by atoms with Crippen LogP contribution in [0.25, 0.3) is 5.69 Å². The minimum absolute atomic E-state index is 0. The van der Waals surface area contributed by atoms with E-state index in [4.69, 9.17) is 0 Å². The average molecular weight is 278 g/mol. The Morgan fingerprint density at radius 2 is 1.78 bits per heavy atom. The van der Waals surface area contributed by atoms with Crippen molar-refractivity contribution >= 4 is 12.4 Å². The van der Waals surface area contributed by atoms with Crippen LogP contribution in [0, 0.1) is 13.8 Å². The number of hydrogen-bond acceptors (Lipinski definition) is 1. The summed E-state index contributed by atoms with van der Waals surface area (Å²) in [5, 5.41) is 4.16. The van der Waals surface area contributed by atoms with E-state index in [2.05, 4.69) is 5.10 Å². The van der Waals surface area contributed by atoms with E-state index in [1.807, 2.05) is 13.0 Å². The van der Waals surface area contributed by atoms with Crippen LogP contribution in [0.3, 0.4) is 0 Å². The summed E-state index contributed by atoms with van der Waals surface area (Å²) in [6.07, 6.45) is 0. The topological polar surface area (TPSA) is 17.8 Å². The smallest absolute Gasteiger partial charge is 0.445 e. The zero-order chi connectivity index (χ0) is 12.6. The monoisotopic (exact) mass is 278 g/mol. The van der Waals surface area contributed by atoms with Gasteiger partial charge in [-0.05, 0) is 26.0 Å². The quantitative estimate of drug-likeness (QED) is 0.680. The molecule has 2 nitrogen and oxygen atoms in total. The van der Waals surface area contributed by atoms with Gasteiger partial charge in [0.2, 0.25) is 0 Å². The van der Waals surface area contributed by atoms with Gasteiger partial charge in [-0.2, -0.15) is 5.10 Å². The Hall–Kier alpha value is -0.0787. The van der Waals surface area contributed by atoms with Crippen molar-refractivity contribution < 1.29 is 64.3 Å². The molecule has 1 aromatic heterocycles. The number of hydrogen-bond donors (Lipinski definition) is 0. The predicted molar refractivity (Wildman–Crippen MR) is 61.8 cm³/mol. The Kier molecular flexibility index (Phi) is 5.25. The maximum Gasteiger partial charge on any atom is 1.00 e. The van der Waals surface area contributed by atoms with Gasteiger partial charge in [0, 0.05) is 5.69 Å². The first kappa shape index (κ1) is 16.0. The Morgan fingerprint density at radius 3 is 2.28 bits per heavy atom. The van der Waals surface area contributed by atoms with Crippen LogP contribution >= 0.6 is 0 Å². The van der Waals surface area contributed by atoms with Gasteiger partial charge in [0.05, 0.1) is 11.4 Å². The molecule has 7 heteroatoms. The second-order valence-electron chi connectivity index (χ2n) is 4.01. The fourth-order valence-electron chi connectivity index (χ4n) is 1.75. The van der Waals surface area contributed by atoms with E-state index in [9.17, 15) is 12.9 Å². The van der Waals surface area contributed by atoms with Gasteiger partial charge < -0.3 is 12.9 Å². The maximum absolute atomic E-state index is 12.6. The molecule has 0 unspecified atom stereocenters. The molecule has 1 aromatic carbocycles. The maximum atomic E-state index is 12.6. The van der Waals surface area contributed by atoms with Crippen molar-refractivity contribution in [3.05, 3.63) is 41.7 Å². The summed E-state index contributed by atoms with van der Waals surface area (Å²) in [6.45, 7) is -1.35. The molecule has 1 heterocycles. The number of halogens is 3. The van der Waals surface area contributed by atoms with Crippen molar-refractivity contribution in [3.8, 4) is 5.69 Å². The molecule has 0 saturated heterocycles. The molecule has 0 aliphatic rings. The number of rotatable bonds is 2. The van der Waals surface area contributed by atoms with Crippen LogP contribution in [-0.4, -0.2) is 16.8 Å². The second kappa shape index (κ2) is 5.92. The van der Waals surface area contributed by atoms with Crippen LogP contribution in [-0.2, 0) is 0 Å². The molecule has 2 rings (SSSR count). The van der Waals surface area contributed by atoms with Crippen molar-refractivity contribution in [1.82, 2.24) is 9.78 Å². The van der Waals surface area contributed by atoms with E-state index in [0.29, 0.717) is 5.69 Å². The molecule has 0 aliphatic carbocycles. The zero-order valence-electron chi connectivity index (χ0n) is 10.5. The molecular formula is C11H11BF3KN2. The fourth-order valence-corrected chi connectivity index (χ4v) is 1.75. The SMILES string of the molecule is Cc1cc(C)n(-c2cccc([B-](F)(F)F)c2)n1.[K+]. The Balaban J connectivity index is 0.00000162. The van der Waals surface area contributed by atoms with Crippen LogP contribution < -0.4 is 56.8 Å². The molecule has 90 valence electrons.